The number of likely N-dealkylation sites (tertiary alicyclic amines) is 1. The number of hydrogen-bond acceptors (Lipinski definition) is 6. The van der Waals surface area contributed by atoms with Crippen LogP contribution in [0.3, 0.4) is 0 Å². The van der Waals surface area contributed by atoms with Crippen molar-refractivity contribution >= 4 is 28.8 Å². The second-order valence-electron chi connectivity index (χ2n) is 8.33. The minimum atomic E-state index is -2.76. The number of amides is 1. The Morgan fingerprint density at radius 1 is 1.19 bits per heavy atom. The van der Waals surface area contributed by atoms with Gasteiger partial charge in [-0.2, -0.15) is 0 Å². The van der Waals surface area contributed by atoms with Gasteiger partial charge in [0.2, 0.25) is 5.88 Å². The summed E-state index contributed by atoms with van der Waals surface area (Å²) in [4.78, 5) is 22.8. The summed E-state index contributed by atoms with van der Waals surface area (Å²) >= 11 is 7.09. The van der Waals surface area contributed by atoms with Gasteiger partial charge in [-0.1, -0.05) is 17.7 Å². The van der Waals surface area contributed by atoms with Crippen molar-refractivity contribution in [3.8, 4) is 5.88 Å². The molecular weight excluding hydrogens is 520 g/mol. The Bertz CT molecular complexity index is 1150. The molecule has 3 aromatic rings. The van der Waals surface area contributed by atoms with E-state index >= 15 is 0 Å². The van der Waals surface area contributed by atoms with Gasteiger partial charge in [0.1, 0.15) is 17.3 Å². The smallest absolute Gasteiger partial charge is 0.281 e. The van der Waals surface area contributed by atoms with Gasteiger partial charge in [-0.3, -0.25) is 9.69 Å². The zero-order chi connectivity index (χ0) is 25.7. The molecule has 4 rings (SSSR count). The number of aromatic nitrogens is 2. The number of halogens is 5. The Morgan fingerprint density at radius 2 is 1.97 bits per heavy atom. The summed E-state index contributed by atoms with van der Waals surface area (Å²) < 4.78 is 60.1. The third-order valence-corrected chi connectivity index (χ3v) is 7.30. The molecule has 0 radical (unpaired) electrons. The van der Waals surface area contributed by atoms with Crippen molar-refractivity contribution in [1.29, 1.82) is 0 Å². The summed E-state index contributed by atoms with van der Waals surface area (Å²) in [7, 11) is 0. The van der Waals surface area contributed by atoms with Crippen molar-refractivity contribution in [2.75, 3.05) is 26.2 Å². The lowest BCUT2D eigenvalue weighted by Gasteiger charge is -2.37. The second kappa shape index (κ2) is 12.0. The largest absolute Gasteiger partial charge is 0.477 e. The molecule has 6 nitrogen and oxygen atoms in total. The van der Waals surface area contributed by atoms with E-state index in [1.807, 2.05) is 4.90 Å². The Hall–Kier alpha value is -2.76. The van der Waals surface area contributed by atoms with Gasteiger partial charge in [0.15, 0.2) is 0 Å². The molecule has 2 aromatic heterocycles. The zero-order valence-corrected chi connectivity index (χ0v) is 20.5. The van der Waals surface area contributed by atoms with Gasteiger partial charge in [0.25, 0.3) is 12.3 Å². The van der Waals surface area contributed by atoms with Gasteiger partial charge in [0.05, 0.1) is 39.8 Å². The molecule has 1 fully saturated rings. The van der Waals surface area contributed by atoms with Crippen LogP contribution in [0.25, 0.3) is 0 Å². The molecule has 1 N–H and O–H groups in total. The zero-order valence-electron chi connectivity index (χ0n) is 19.0. The van der Waals surface area contributed by atoms with Crippen molar-refractivity contribution in [1.82, 2.24) is 20.2 Å². The number of pyridine rings is 1. The molecule has 3 heterocycles. The Balaban J connectivity index is 1.43. The molecule has 1 saturated heterocycles. The Morgan fingerprint density at radius 3 is 2.64 bits per heavy atom. The van der Waals surface area contributed by atoms with Crippen molar-refractivity contribution < 1.29 is 27.1 Å². The second-order valence-corrected chi connectivity index (χ2v) is 9.62. The fraction of sp³-hybridized carbons (Fsp3) is 0.375. The molecule has 1 unspecified atom stereocenters. The molecular formula is C24H23ClF4N4O2S. The standard InChI is InChI=1S/C24H23ClF4N4O2S/c25-16-2-1-3-17(27)20(16)24(34)31-11-18(22-21(23(28)29)32-13-36-22)33-8-6-14(7-9-33)12-35-19-5-4-15(26)10-30-19/h1-5,10,13-14,18,23H,6-9,11-12H2,(H,31,34). The maximum atomic E-state index is 14.2. The number of piperidine rings is 1. The monoisotopic (exact) mass is 542 g/mol. The van der Waals surface area contributed by atoms with Gasteiger partial charge >= 0.3 is 0 Å². The highest BCUT2D eigenvalue weighted by atomic mass is 35.5. The van der Waals surface area contributed by atoms with Crippen LogP contribution in [-0.2, 0) is 0 Å². The summed E-state index contributed by atoms with van der Waals surface area (Å²) in [5, 5.41) is 2.62. The van der Waals surface area contributed by atoms with Crippen LogP contribution in [0.1, 0.15) is 46.2 Å². The van der Waals surface area contributed by atoms with E-state index in [2.05, 4.69) is 15.3 Å². The third-order valence-electron chi connectivity index (χ3n) is 6.04. The number of alkyl halides is 2. The average Bonchev–Trinajstić information content (AvgIpc) is 3.34. The van der Waals surface area contributed by atoms with Gasteiger partial charge in [0, 0.05) is 12.6 Å². The fourth-order valence-electron chi connectivity index (χ4n) is 4.14. The van der Waals surface area contributed by atoms with Crippen LogP contribution in [0, 0.1) is 17.6 Å². The van der Waals surface area contributed by atoms with E-state index in [4.69, 9.17) is 16.3 Å². The highest BCUT2D eigenvalue weighted by Crippen LogP contribution is 2.35. The number of nitrogens with zero attached hydrogens (tertiary/aromatic N) is 3. The minimum Gasteiger partial charge on any atom is -0.477 e. The number of carbonyl (C=O) groups excluding carboxylic acids is 1. The van der Waals surface area contributed by atoms with Crippen LogP contribution in [0.15, 0.2) is 42.0 Å². The van der Waals surface area contributed by atoms with Gasteiger partial charge < -0.3 is 10.1 Å². The van der Waals surface area contributed by atoms with E-state index < -0.39 is 30.0 Å². The summed E-state index contributed by atoms with van der Waals surface area (Å²) in [6, 6.07) is 6.09. The van der Waals surface area contributed by atoms with Crippen LogP contribution in [0.4, 0.5) is 17.6 Å². The van der Waals surface area contributed by atoms with Crippen LogP contribution in [0.2, 0.25) is 5.02 Å². The van der Waals surface area contributed by atoms with Crippen LogP contribution in [0.5, 0.6) is 5.88 Å². The predicted molar refractivity (Wildman–Crippen MR) is 128 cm³/mol. The highest BCUT2D eigenvalue weighted by Gasteiger charge is 2.32. The lowest BCUT2D eigenvalue weighted by atomic mass is 9.96. The number of nitrogens with one attached hydrogen (secondary N) is 1. The van der Waals surface area contributed by atoms with Gasteiger partial charge in [-0.15, -0.1) is 11.3 Å². The highest BCUT2D eigenvalue weighted by molar-refractivity contribution is 7.09. The van der Waals surface area contributed by atoms with E-state index in [9.17, 15) is 22.4 Å². The summed E-state index contributed by atoms with van der Waals surface area (Å²) in [6.07, 6.45) is -0.248. The number of benzene rings is 1. The molecule has 36 heavy (non-hydrogen) atoms. The SMILES string of the molecule is O=C(NCC(c1scnc1C(F)F)N1CCC(COc2ccc(F)cn2)CC1)c1c(F)cccc1Cl. The quantitative estimate of drug-likeness (QED) is 0.353. The Kier molecular flexibility index (Phi) is 8.76. The molecule has 192 valence electrons. The fourth-order valence-corrected chi connectivity index (χ4v) is 5.32. The molecule has 0 saturated carbocycles. The maximum Gasteiger partial charge on any atom is 0.281 e. The van der Waals surface area contributed by atoms with Crippen LogP contribution < -0.4 is 10.1 Å². The first-order chi connectivity index (χ1) is 17.3. The molecule has 0 bridgehead atoms. The van der Waals surface area contributed by atoms with E-state index in [1.165, 1.54) is 29.8 Å². The molecule has 1 aliphatic heterocycles. The molecule has 1 aliphatic rings. The lowest BCUT2D eigenvalue weighted by Crippen LogP contribution is -2.43. The first kappa shape index (κ1) is 26.3. The molecule has 1 aromatic carbocycles. The number of hydrogen-bond donors (Lipinski definition) is 1. The molecule has 12 heteroatoms. The predicted octanol–water partition coefficient (Wildman–Crippen LogP) is 5.67. The number of thiazole rings is 1. The average molecular weight is 543 g/mol. The van der Waals surface area contributed by atoms with Gasteiger partial charge in [-0.25, -0.2) is 27.5 Å². The van der Waals surface area contributed by atoms with Crippen molar-refractivity contribution in [2.24, 2.45) is 5.92 Å². The minimum absolute atomic E-state index is 0.0218. The first-order valence-electron chi connectivity index (χ1n) is 11.3. The van der Waals surface area contributed by atoms with E-state index in [0.29, 0.717) is 43.3 Å². The molecule has 0 aliphatic carbocycles. The summed E-state index contributed by atoms with van der Waals surface area (Å²) in [6.45, 7) is 1.49. The van der Waals surface area contributed by atoms with Gasteiger partial charge in [-0.05, 0) is 50.0 Å². The van der Waals surface area contributed by atoms with Crippen LogP contribution in [-0.4, -0.2) is 47.0 Å². The molecule has 1 atom stereocenters. The lowest BCUT2D eigenvalue weighted by molar-refractivity contribution is 0.0867. The van der Waals surface area contributed by atoms with Crippen molar-refractivity contribution in [3.05, 3.63) is 74.8 Å². The Labute approximate surface area is 214 Å². The number of rotatable bonds is 9. The normalized spacial score (nSPS) is 15.7. The topological polar surface area (TPSA) is 67.4 Å². The van der Waals surface area contributed by atoms with Crippen LogP contribution >= 0.6 is 22.9 Å². The third kappa shape index (κ3) is 6.32. The summed E-state index contributed by atoms with van der Waals surface area (Å²) in [5.41, 5.74) is 0.743. The van der Waals surface area contributed by atoms with E-state index in [1.54, 1.807) is 0 Å². The molecule has 0 spiro atoms. The van der Waals surface area contributed by atoms with E-state index in [0.717, 1.165) is 23.6 Å². The number of carbonyl (C=O) groups is 1. The summed E-state index contributed by atoms with van der Waals surface area (Å²) in [5.74, 6) is -1.41. The van der Waals surface area contributed by atoms with E-state index in [-0.39, 0.29) is 28.7 Å². The van der Waals surface area contributed by atoms with Crippen molar-refractivity contribution in [2.45, 2.75) is 25.3 Å². The molecule has 1 amide bonds. The number of ether oxygens (including phenoxy) is 1. The maximum absolute atomic E-state index is 14.2. The van der Waals surface area contributed by atoms with Crippen molar-refractivity contribution in [3.63, 3.8) is 0 Å². The first-order valence-corrected chi connectivity index (χ1v) is 12.5.